The third kappa shape index (κ3) is 2.69. The molecule has 2 N–H and O–H groups in total. The van der Waals surface area contributed by atoms with Gasteiger partial charge in [-0.05, 0) is 30.7 Å². The van der Waals surface area contributed by atoms with Gasteiger partial charge in [0.2, 0.25) is 6.79 Å². The second kappa shape index (κ2) is 5.02. The number of hydrogen-bond acceptors (Lipinski definition) is 4. The first-order valence-corrected chi connectivity index (χ1v) is 6.99. The van der Waals surface area contributed by atoms with E-state index in [0.717, 1.165) is 31.1 Å². The van der Waals surface area contributed by atoms with Crippen molar-refractivity contribution in [2.45, 2.75) is 31.7 Å². The van der Waals surface area contributed by atoms with Crippen LogP contribution in [0.4, 0.5) is 0 Å². The van der Waals surface area contributed by atoms with Crippen molar-refractivity contribution in [2.75, 3.05) is 26.4 Å². The minimum absolute atomic E-state index is 0.0869. The normalized spacial score (nSPS) is 21.9. The lowest BCUT2D eigenvalue weighted by molar-refractivity contribution is 0.174. The van der Waals surface area contributed by atoms with E-state index >= 15 is 0 Å². The third-order valence-corrected chi connectivity index (χ3v) is 4.05. The quantitative estimate of drug-likeness (QED) is 0.866. The van der Waals surface area contributed by atoms with Crippen LogP contribution in [0.15, 0.2) is 18.2 Å². The van der Waals surface area contributed by atoms with Crippen molar-refractivity contribution in [1.82, 2.24) is 10.6 Å². The highest BCUT2D eigenvalue weighted by atomic mass is 16.7. The molecule has 1 aromatic rings. The van der Waals surface area contributed by atoms with Gasteiger partial charge in [0.1, 0.15) is 0 Å². The molecule has 0 amide bonds. The SMILES string of the molecule is CC(C)(CNC1CCNC1)c1ccc2c(c1)OCO2. The second-order valence-electron chi connectivity index (χ2n) is 6.02. The minimum Gasteiger partial charge on any atom is -0.454 e. The molecule has 2 heterocycles. The van der Waals surface area contributed by atoms with Crippen molar-refractivity contribution in [1.29, 1.82) is 0 Å². The number of rotatable bonds is 4. The Hall–Kier alpha value is -1.26. The molecule has 4 heteroatoms. The molecule has 1 atom stereocenters. The van der Waals surface area contributed by atoms with Gasteiger partial charge in [0, 0.05) is 24.5 Å². The molecule has 0 aromatic heterocycles. The number of fused-ring (bicyclic) bond motifs is 1. The molecule has 0 saturated carbocycles. The van der Waals surface area contributed by atoms with Crippen LogP contribution in [0.5, 0.6) is 11.5 Å². The van der Waals surface area contributed by atoms with E-state index in [1.165, 1.54) is 12.0 Å². The van der Waals surface area contributed by atoms with Crippen LogP contribution in [0.3, 0.4) is 0 Å². The largest absolute Gasteiger partial charge is 0.454 e. The molecule has 1 fully saturated rings. The fraction of sp³-hybridized carbons (Fsp3) is 0.600. The van der Waals surface area contributed by atoms with E-state index in [0.29, 0.717) is 12.8 Å². The molecule has 2 aliphatic rings. The Balaban J connectivity index is 1.68. The van der Waals surface area contributed by atoms with Gasteiger partial charge in [0.05, 0.1) is 0 Å². The van der Waals surface area contributed by atoms with Crippen molar-refractivity contribution in [2.24, 2.45) is 0 Å². The van der Waals surface area contributed by atoms with Crippen molar-refractivity contribution in [3.05, 3.63) is 23.8 Å². The van der Waals surface area contributed by atoms with Gasteiger partial charge in [0.15, 0.2) is 11.5 Å². The lowest BCUT2D eigenvalue weighted by atomic mass is 9.84. The topological polar surface area (TPSA) is 42.5 Å². The molecule has 0 bridgehead atoms. The highest BCUT2D eigenvalue weighted by molar-refractivity contribution is 5.46. The fourth-order valence-corrected chi connectivity index (χ4v) is 2.65. The smallest absolute Gasteiger partial charge is 0.231 e. The van der Waals surface area contributed by atoms with Gasteiger partial charge in [0.25, 0.3) is 0 Å². The second-order valence-corrected chi connectivity index (χ2v) is 6.02. The Bertz CT molecular complexity index is 453. The first-order chi connectivity index (χ1) is 9.15. The van der Waals surface area contributed by atoms with E-state index in [2.05, 4.69) is 36.6 Å². The maximum absolute atomic E-state index is 5.46. The summed E-state index contributed by atoms with van der Waals surface area (Å²) in [4.78, 5) is 0. The molecular formula is C15H22N2O2. The Kier molecular flexibility index (Phi) is 3.37. The van der Waals surface area contributed by atoms with E-state index in [1.54, 1.807) is 0 Å². The Labute approximate surface area is 114 Å². The van der Waals surface area contributed by atoms with Crippen molar-refractivity contribution >= 4 is 0 Å². The monoisotopic (exact) mass is 262 g/mol. The predicted octanol–water partition coefficient (Wildman–Crippen LogP) is 1.64. The first kappa shape index (κ1) is 12.8. The summed E-state index contributed by atoms with van der Waals surface area (Å²) in [5.41, 5.74) is 1.37. The van der Waals surface area contributed by atoms with Crippen LogP contribution in [0.2, 0.25) is 0 Å². The van der Waals surface area contributed by atoms with Gasteiger partial charge in [-0.3, -0.25) is 0 Å². The van der Waals surface area contributed by atoms with Crippen LogP contribution in [0.25, 0.3) is 0 Å². The average molecular weight is 262 g/mol. The maximum Gasteiger partial charge on any atom is 0.231 e. The zero-order valence-corrected chi connectivity index (χ0v) is 11.7. The van der Waals surface area contributed by atoms with Gasteiger partial charge in [-0.1, -0.05) is 19.9 Å². The standard InChI is InChI=1S/C15H22N2O2/c1-15(2,9-17-12-5-6-16-8-12)11-3-4-13-14(7-11)19-10-18-13/h3-4,7,12,16-17H,5-6,8-10H2,1-2H3. The zero-order valence-electron chi connectivity index (χ0n) is 11.7. The van der Waals surface area contributed by atoms with Gasteiger partial charge < -0.3 is 20.1 Å². The van der Waals surface area contributed by atoms with Crippen molar-refractivity contribution in [3.63, 3.8) is 0 Å². The van der Waals surface area contributed by atoms with E-state index in [9.17, 15) is 0 Å². The molecule has 19 heavy (non-hydrogen) atoms. The van der Waals surface area contributed by atoms with E-state index < -0.39 is 0 Å². The Morgan fingerprint density at radius 3 is 2.95 bits per heavy atom. The molecule has 0 spiro atoms. The summed E-state index contributed by atoms with van der Waals surface area (Å²) in [6, 6.07) is 6.86. The summed E-state index contributed by atoms with van der Waals surface area (Å²) in [5.74, 6) is 1.72. The summed E-state index contributed by atoms with van der Waals surface area (Å²) in [5, 5.41) is 7.04. The van der Waals surface area contributed by atoms with Gasteiger partial charge in [-0.25, -0.2) is 0 Å². The summed E-state index contributed by atoms with van der Waals surface area (Å²) in [6.07, 6.45) is 1.22. The molecule has 1 unspecified atom stereocenters. The van der Waals surface area contributed by atoms with Crippen LogP contribution >= 0.6 is 0 Å². The summed E-state index contributed by atoms with van der Waals surface area (Å²) < 4.78 is 10.8. The number of benzene rings is 1. The number of ether oxygens (including phenoxy) is 2. The number of nitrogens with one attached hydrogen (secondary N) is 2. The van der Waals surface area contributed by atoms with Crippen LogP contribution in [-0.2, 0) is 5.41 Å². The van der Waals surface area contributed by atoms with Crippen molar-refractivity contribution < 1.29 is 9.47 Å². The Morgan fingerprint density at radius 2 is 2.16 bits per heavy atom. The highest BCUT2D eigenvalue weighted by Gasteiger charge is 2.25. The van der Waals surface area contributed by atoms with E-state index in [1.807, 2.05) is 6.07 Å². The number of hydrogen-bond donors (Lipinski definition) is 2. The molecule has 104 valence electrons. The van der Waals surface area contributed by atoms with Crippen LogP contribution in [-0.4, -0.2) is 32.5 Å². The zero-order chi connectivity index (χ0) is 13.3. The van der Waals surface area contributed by atoms with Gasteiger partial charge >= 0.3 is 0 Å². The van der Waals surface area contributed by atoms with Gasteiger partial charge in [-0.15, -0.1) is 0 Å². The van der Waals surface area contributed by atoms with Crippen LogP contribution < -0.4 is 20.1 Å². The van der Waals surface area contributed by atoms with E-state index in [4.69, 9.17) is 9.47 Å². The maximum atomic E-state index is 5.46. The van der Waals surface area contributed by atoms with Gasteiger partial charge in [-0.2, -0.15) is 0 Å². The van der Waals surface area contributed by atoms with Crippen LogP contribution in [0.1, 0.15) is 25.8 Å². The predicted molar refractivity (Wildman–Crippen MR) is 74.9 cm³/mol. The Morgan fingerprint density at radius 1 is 1.32 bits per heavy atom. The molecule has 1 saturated heterocycles. The first-order valence-electron chi connectivity index (χ1n) is 6.99. The molecule has 0 radical (unpaired) electrons. The molecule has 1 aromatic carbocycles. The third-order valence-electron chi connectivity index (χ3n) is 4.05. The molecule has 2 aliphatic heterocycles. The minimum atomic E-state index is 0.0869. The summed E-state index contributed by atoms with van der Waals surface area (Å²) in [7, 11) is 0. The molecule has 4 nitrogen and oxygen atoms in total. The summed E-state index contributed by atoms with van der Waals surface area (Å²) in [6.45, 7) is 8.05. The highest BCUT2D eigenvalue weighted by Crippen LogP contribution is 2.36. The van der Waals surface area contributed by atoms with Crippen LogP contribution in [0, 0.1) is 0 Å². The fourth-order valence-electron chi connectivity index (χ4n) is 2.65. The lowest BCUT2D eigenvalue weighted by Crippen LogP contribution is -2.40. The van der Waals surface area contributed by atoms with E-state index in [-0.39, 0.29) is 5.41 Å². The molecular weight excluding hydrogens is 240 g/mol. The molecule has 0 aliphatic carbocycles. The average Bonchev–Trinajstić information content (AvgIpc) is 3.06. The lowest BCUT2D eigenvalue weighted by Gasteiger charge is -2.27. The van der Waals surface area contributed by atoms with Crippen molar-refractivity contribution in [3.8, 4) is 11.5 Å². The molecule has 3 rings (SSSR count). The summed E-state index contributed by atoms with van der Waals surface area (Å²) >= 11 is 0.